The maximum absolute atomic E-state index is 11.9. The average molecular weight is 376 g/mol. The van der Waals surface area contributed by atoms with Crippen molar-refractivity contribution in [2.75, 3.05) is 6.54 Å². The number of carbonyl (C=O) groups is 1. The lowest BCUT2D eigenvalue weighted by molar-refractivity contribution is -0.120. The first-order chi connectivity index (χ1) is 11.0. The molecule has 0 radical (unpaired) electrons. The van der Waals surface area contributed by atoms with Crippen LogP contribution in [0.25, 0.3) is 0 Å². The lowest BCUT2D eigenvalue weighted by Crippen LogP contribution is -2.27. The molecule has 0 aliphatic carbocycles. The van der Waals surface area contributed by atoms with Gasteiger partial charge in [-0.25, -0.2) is 0 Å². The van der Waals surface area contributed by atoms with Gasteiger partial charge in [-0.2, -0.15) is 0 Å². The van der Waals surface area contributed by atoms with Crippen LogP contribution in [0.15, 0.2) is 53.0 Å². The highest BCUT2D eigenvalue weighted by molar-refractivity contribution is 9.10. The largest absolute Gasteiger partial charge is 0.491 e. The van der Waals surface area contributed by atoms with Gasteiger partial charge in [-0.15, -0.1) is 0 Å². The molecule has 4 heteroatoms. The van der Waals surface area contributed by atoms with E-state index in [2.05, 4.69) is 21.2 Å². The highest BCUT2D eigenvalue weighted by Crippen LogP contribution is 2.14. The molecular weight excluding hydrogens is 354 g/mol. The molecule has 2 rings (SSSR count). The predicted molar refractivity (Wildman–Crippen MR) is 96.8 cm³/mol. The number of hydrogen-bond acceptors (Lipinski definition) is 2. The Morgan fingerprint density at radius 1 is 1.04 bits per heavy atom. The Morgan fingerprint density at radius 3 is 2.26 bits per heavy atom. The molecule has 0 heterocycles. The van der Waals surface area contributed by atoms with Crippen molar-refractivity contribution in [3.8, 4) is 5.75 Å². The van der Waals surface area contributed by atoms with Crippen LogP contribution in [0.1, 0.15) is 25.0 Å². The van der Waals surface area contributed by atoms with Gasteiger partial charge in [-0.1, -0.05) is 40.2 Å². The first-order valence-corrected chi connectivity index (χ1v) is 8.59. The Morgan fingerprint density at radius 2 is 1.65 bits per heavy atom. The van der Waals surface area contributed by atoms with E-state index < -0.39 is 0 Å². The Bertz CT molecular complexity index is 621. The van der Waals surface area contributed by atoms with E-state index in [1.54, 1.807) is 0 Å². The first-order valence-electron chi connectivity index (χ1n) is 7.79. The van der Waals surface area contributed by atoms with E-state index in [0.717, 1.165) is 22.2 Å². The van der Waals surface area contributed by atoms with Crippen LogP contribution in [0.2, 0.25) is 0 Å². The molecule has 1 N–H and O–H groups in total. The van der Waals surface area contributed by atoms with Crippen LogP contribution in [-0.4, -0.2) is 18.6 Å². The van der Waals surface area contributed by atoms with E-state index in [-0.39, 0.29) is 12.0 Å². The summed E-state index contributed by atoms with van der Waals surface area (Å²) >= 11 is 3.39. The third-order valence-electron chi connectivity index (χ3n) is 3.31. The fourth-order valence-electron chi connectivity index (χ4n) is 2.20. The Balaban J connectivity index is 1.73. The molecule has 0 saturated carbocycles. The number of amides is 1. The molecule has 2 aromatic carbocycles. The zero-order valence-corrected chi connectivity index (χ0v) is 15.1. The normalized spacial score (nSPS) is 10.6. The van der Waals surface area contributed by atoms with E-state index in [9.17, 15) is 4.79 Å². The van der Waals surface area contributed by atoms with E-state index in [4.69, 9.17) is 4.74 Å². The van der Waals surface area contributed by atoms with Crippen LogP contribution in [0.4, 0.5) is 0 Å². The molecule has 0 aliphatic rings. The molecule has 0 fully saturated rings. The minimum atomic E-state index is 0.0482. The highest BCUT2D eigenvalue weighted by atomic mass is 79.9. The lowest BCUT2D eigenvalue weighted by Gasteiger charge is -2.10. The molecule has 0 saturated heterocycles. The van der Waals surface area contributed by atoms with Gasteiger partial charge in [-0.3, -0.25) is 4.79 Å². The van der Waals surface area contributed by atoms with Gasteiger partial charge in [-0.05, 0) is 55.7 Å². The molecule has 122 valence electrons. The third kappa shape index (κ3) is 6.45. The van der Waals surface area contributed by atoms with Gasteiger partial charge in [0, 0.05) is 11.0 Å². The minimum Gasteiger partial charge on any atom is -0.491 e. The van der Waals surface area contributed by atoms with E-state index >= 15 is 0 Å². The van der Waals surface area contributed by atoms with Gasteiger partial charge in [0.15, 0.2) is 0 Å². The van der Waals surface area contributed by atoms with Crippen molar-refractivity contribution in [3.63, 3.8) is 0 Å². The van der Waals surface area contributed by atoms with Crippen molar-refractivity contribution in [3.05, 3.63) is 64.1 Å². The van der Waals surface area contributed by atoms with Gasteiger partial charge in [0.2, 0.25) is 5.91 Å². The second-order valence-electron chi connectivity index (χ2n) is 5.71. The number of nitrogens with one attached hydrogen (secondary N) is 1. The van der Waals surface area contributed by atoms with Crippen molar-refractivity contribution in [2.45, 2.75) is 32.8 Å². The molecule has 0 atom stereocenters. The van der Waals surface area contributed by atoms with E-state index in [0.29, 0.717) is 13.0 Å². The quantitative estimate of drug-likeness (QED) is 0.789. The maximum atomic E-state index is 11.9. The molecular formula is C19H22BrNO2. The van der Waals surface area contributed by atoms with Crippen LogP contribution in [0.3, 0.4) is 0 Å². The van der Waals surface area contributed by atoms with Crippen LogP contribution >= 0.6 is 15.9 Å². The number of rotatable bonds is 7. The second kappa shape index (κ2) is 8.73. The van der Waals surface area contributed by atoms with Gasteiger partial charge in [0.25, 0.3) is 0 Å². The van der Waals surface area contributed by atoms with Crippen molar-refractivity contribution < 1.29 is 9.53 Å². The fraction of sp³-hybridized carbons (Fsp3) is 0.316. The average Bonchev–Trinajstić information content (AvgIpc) is 2.51. The number of halogens is 1. The molecule has 1 amide bonds. The molecule has 0 spiro atoms. The van der Waals surface area contributed by atoms with E-state index in [1.807, 2.05) is 62.4 Å². The van der Waals surface area contributed by atoms with Crippen LogP contribution in [-0.2, 0) is 17.6 Å². The lowest BCUT2D eigenvalue weighted by atomic mass is 10.1. The Labute approximate surface area is 146 Å². The summed E-state index contributed by atoms with van der Waals surface area (Å²) in [6.45, 7) is 4.66. The molecule has 0 aromatic heterocycles. The van der Waals surface area contributed by atoms with Gasteiger partial charge in [0.1, 0.15) is 5.75 Å². The Kier molecular flexibility index (Phi) is 6.66. The Hall–Kier alpha value is -1.81. The van der Waals surface area contributed by atoms with Crippen LogP contribution in [0, 0.1) is 0 Å². The number of hydrogen-bond donors (Lipinski definition) is 1. The van der Waals surface area contributed by atoms with Gasteiger partial charge in [0.05, 0.1) is 12.5 Å². The number of benzene rings is 2. The highest BCUT2D eigenvalue weighted by Gasteiger charge is 2.03. The van der Waals surface area contributed by atoms with Crippen LogP contribution < -0.4 is 10.1 Å². The fourth-order valence-corrected chi connectivity index (χ4v) is 2.47. The topological polar surface area (TPSA) is 38.3 Å². The molecule has 2 aromatic rings. The molecule has 0 unspecified atom stereocenters. The number of ether oxygens (including phenoxy) is 1. The smallest absolute Gasteiger partial charge is 0.224 e. The summed E-state index contributed by atoms with van der Waals surface area (Å²) in [6, 6.07) is 15.8. The summed E-state index contributed by atoms with van der Waals surface area (Å²) in [5.74, 6) is 0.926. The summed E-state index contributed by atoms with van der Waals surface area (Å²) in [5.41, 5.74) is 2.20. The van der Waals surface area contributed by atoms with Crippen molar-refractivity contribution in [1.29, 1.82) is 0 Å². The monoisotopic (exact) mass is 375 g/mol. The second-order valence-corrected chi connectivity index (χ2v) is 6.63. The summed E-state index contributed by atoms with van der Waals surface area (Å²) in [5, 5.41) is 2.96. The zero-order valence-electron chi connectivity index (χ0n) is 13.5. The molecule has 23 heavy (non-hydrogen) atoms. The van der Waals surface area contributed by atoms with Crippen molar-refractivity contribution in [1.82, 2.24) is 5.32 Å². The summed E-state index contributed by atoms with van der Waals surface area (Å²) in [4.78, 5) is 11.9. The van der Waals surface area contributed by atoms with E-state index in [1.165, 1.54) is 5.56 Å². The first kappa shape index (κ1) is 17.5. The van der Waals surface area contributed by atoms with Crippen molar-refractivity contribution in [2.24, 2.45) is 0 Å². The SMILES string of the molecule is CC(C)Oc1ccc(CCNC(=O)Cc2ccc(Br)cc2)cc1. The van der Waals surface area contributed by atoms with Crippen LogP contribution in [0.5, 0.6) is 5.75 Å². The summed E-state index contributed by atoms with van der Waals surface area (Å²) in [7, 11) is 0. The van der Waals surface area contributed by atoms with Gasteiger partial charge >= 0.3 is 0 Å². The standard InChI is InChI=1S/C19H22BrNO2/c1-14(2)23-18-9-5-15(6-10-18)11-12-21-19(22)13-16-3-7-17(20)8-4-16/h3-10,14H,11-13H2,1-2H3,(H,21,22). The molecule has 0 bridgehead atoms. The maximum Gasteiger partial charge on any atom is 0.224 e. The minimum absolute atomic E-state index is 0.0482. The predicted octanol–water partition coefficient (Wildman–Crippen LogP) is 4.14. The molecule has 3 nitrogen and oxygen atoms in total. The summed E-state index contributed by atoms with van der Waals surface area (Å²) < 4.78 is 6.63. The molecule has 0 aliphatic heterocycles. The number of carbonyl (C=O) groups excluding carboxylic acids is 1. The van der Waals surface area contributed by atoms with Crippen molar-refractivity contribution >= 4 is 21.8 Å². The van der Waals surface area contributed by atoms with Gasteiger partial charge < -0.3 is 10.1 Å². The summed E-state index contributed by atoms with van der Waals surface area (Å²) in [6.07, 6.45) is 1.40. The third-order valence-corrected chi connectivity index (χ3v) is 3.84. The zero-order chi connectivity index (χ0) is 16.7.